The van der Waals surface area contributed by atoms with Crippen LogP contribution in [0.25, 0.3) is 0 Å². The number of carbonyl (C=O) groups is 2. The van der Waals surface area contributed by atoms with Crippen LogP contribution in [0.5, 0.6) is 11.5 Å². The van der Waals surface area contributed by atoms with Crippen molar-refractivity contribution < 1.29 is 27.5 Å². The van der Waals surface area contributed by atoms with E-state index >= 15 is 0 Å². The lowest BCUT2D eigenvalue weighted by molar-refractivity contribution is -0.121. The van der Waals surface area contributed by atoms with Gasteiger partial charge in [-0.15, -0.1) is 0 Å². The first-order valence-electron chi connectivity index (χ1n) is 9.50. The molecule has 160 valence electrons. The normalized spacial score (nSPS) is 15.4. The minimum Gasteiger partial charge on any atom is -0.493 e. The molecule has 1 N–H and O–H groups in total. The quantitative estimate of drug-likeness (QED) is 0.688. The van der Waals surface area contributed by atoms with Gasteiger partial charge in [-0.05, 0) is 36.2 Å². The molecule has 1 aliphatic heterocycles. The maximum absolute atomic E-state index is 12.6. The van der Waals surface area contributed by atoms with Crippen molar-refractivity contribution in [3.8, 4) is 11.5 Å². The van der Waals surface area contributed by atoms with Crippen LogP contribution in [-0.4, -0.2) is 45.3 Å². The largest absolute Gasteiger partial charge is 0.493 e. The summed E-state index contributed by atoms with van der Waals surface area (Å²) in [5.74, 6) is 0.176. The average Bonchev–Trinajstić information content (AvgIpc) is 2.95. The smallest absolute Gasteiger partial charge is 0.269 e. The summed E-state index contributed by atoms with van der Waals surface area (Å²) in [6.45, 7) is 1.71. The Balaban J connectivity index is 1.68. The number of hydrogen-bond acceptors (Lipinski definition) is 6. The van der Waals surface area contributed by atoms with Gasteiger partial charge in [-0.1, -0.05) is 25.1 Å². The Morgan fingerprint density at radius 1 is 1.10 bits per heavy atom. The fraction of sp³-hybridized carbons (Fsp3) is 0.333. The van der Waals surface area contributed by atoms with Crippen LogP contribution >= 0.6 is 0 Å². The molecule has 8 nitrogen and oxygen atoms in total. The number of amides is 2. The SMILES string of the molecule is CCC(NC(=O)CCN1C(=O)c2ccccc2S1(=O)=O)c1ccc(OC)c(OC)c1. The maximum Gasteiger partial charge on any atom is 0.269 e. The van der Waals surface area contributed by atoms with E-state index in [0.29, 0.717) is 17.9 Å². The van der Waals surface area contributed by atoms with Crippen molar-refractivity contribution in [1.29, 1.82) is 0 Å². The van der Waals surface area contributed by atoms with E-state index in [-0.39, 0.29) is 35.4 Å². The van der Waals surface area contributed by atoms with Crippen molar-refractivity contribution in [1.82, 2.24) is 9.62 Å². The van der Waals surface area contributed by atoms with Crippen LogP contribution in [-0.2, 0) is 14.8 Å². The lowest BCUT2D eigenvalue weighted by Crippen LogP contribution is -2.35. The zero-order valence-corrected chi connectivity index (χ0v) is 17.9. The molecular formula is C21H24N2O6S. The molecule has 0 spiro atoms. The molecule has 0 saturated heterocycles. The lowest BCUT2D eigenvalue weighted by Gasteiger charge is -2.20. The van der Waals surface area contributed by atoms with Gasteiger partial charge in [0, 0.05) is 13.0 Å². The van der Waals surface area contributed by atoms with Crippen LogP contribution in [0.15, 0.2) is 47.4 Å². The molecule has 1 aliphatic rings. The monoisotopic (exact) mass is 432 g/mol. The average molecular weight is 432 g/mol. The number of hydrogen-bond donors (Lipinski definition) is 1. The molecule has 0 radical (unpaired) electrons. The Kier molecular flexibility index (Phi) is 6.31. The summed E-state index contributed by atoms with van der Waals surface area (Å²) in [7, 11) is -0.842. The van der Waals surface area contributed by atoms with E-state index in [4.69, 9.17) is 9.47 Å². The highest BCUT2D eigenvalue weighted by Gasteiger charge is 2.40. The molecule has 0 fully saturated rings. The van der Waals surface area contributed by atoms with Gasteiger partial charge in [-0.3, -0.25) is 9.59 Å². The summed E-state index contributed by atoms with van der Waals surface area (Å²) in [6, 6.07) is 11.1. The minimum absolute atomic E-state index is 0.0211. The van der Waals surface area contributed by atoms with E-state index < -0.39 is 15.9 Å². The van der Waals surface area contributed by atoms with Gasteiger partial charge in [0.05, 0.1) is 25.8 Å². The second kappa shape index (κ2) is 8.74. The van der Waals surface area contributed by atoms with Crippen LogP contribution in [0, 0.1) is 0 Å². The number of ether oxygens (including phenoxy) is 2. The van der Waals surface area contributed by atoms with Crippen LogP contribution in [0.3, 0.4) is 0 Å². The number of benzene rings is 2. The van der Waals surface area contributed by atoms with Crippen molar-refractivity contribution in [2.24, 2.45) is 0 Å². The van der Waals surface area contributed by atoms with Gasteiger partial charge in [-0.25, -0.2) is 12.7 Å². The molecular weight excluding hydrogens is 408 g/mol. The predicted molar refractivity (Wildman–Crippen MR) is 110 cm³/mol. The Morgan fingerprint density at radius 2 is 1.80 bits per heavy atom. The first kappa shape index (κ1) is 21.6. The zero-order chi connectivity index (χ0) is 21.9. The summed E-state index contributed by atoms with van der Waals surface area (Å²) < 4.78 is 36.5. The number of sulfonamides is 1. The Morgan fingerprint density at radius 3 is 2.43 bits per heavy atom. The van der Waals surface area contributed by atoms with Crippen molar-refractivity contribution in [3.63, 3.8) is 0 Å². The highest BCUT2D eigenvalue weighted by atomic mass is 32.2. The van der Waals surface area contributed by atoms with Gasteiger partial charge in [0.1, 0.15) is 4.90 Å². The van der Waals surface area contributed by atoms with Crippen molar-refractivity contribution in [2.75, 3.05) is 20.8 Å². The summed E-state index contributed by atoms with van der Waals surface area (Å²) in [6.07, 6.45) is 0.482. The predicted octanol–water partition coefficient (Wildman–Crippen LogP) is 2.51. The zero-order valence-electron chi connectivity index (χ0n) is 17.0. The first-order valence-corrected chi connectivity index (χ1v) is 10.9. The fourth-order valence-corrected chi connectivity index (χ4v) is 4.98. The molecule has 0 aliphatic carbocycles. The molecule has 2 aromatic rings. The highest BCUT2D eigenvalue weighted by molar-refractivity contribution is 7.90. The van der Waals surface area contributed by atoms with Crippen LogP contribution in [0.2, 0.25) is 0 Å². The van der Waals surface area contributed by atoms with Gasteiger partial charge < -0.3 is 14.8 Å². The van der Waals surface area contributed by atoms with Crippen molar-refractivity contribution >= 4 is 21.8 Å². The van der Waals surface area contributed by atoms with Gasteiger partial charge in [0.25, 0.3) is 15.9 Å². The number of nitrogens with one attached hydrogen (secondary N) is 1. The molecule has 0 saturated carbocycles. The summed E-state index contributed by atoms with van der Waals surface area (Å²) in [5.41, 5.74) is 0.968. The van der Waals surface area contributed by atoms with Crippen LogP contribution < -0.4 is 14.8 Å². The second-order valence-corrected chi connectivity index (χ2v) is 8.60. The fourth-order valence-electron chi connectivity index (χ4n) is 3.41. The van der Waals surface area contributed by atoms with Crippen LogP contribution in [0.4, 0.5) is 0 Å². The molecule has 1 heterocycles. The standard InChI is InChI=1S/C21H24N2O6S/c1-4-16(14-9-10-17(28-2)18(13-14)29-3)22-20(24)11-12-23-21(25)15-7-5-6-8-19(15)30(23,26)27/h5-10,13,16H,4,11-12H2,1-3H3,(H,22,24). The van der Waals surface area contributed by atoms with E-state index in [1.807, 2.05) is 13.0 Å². The number of fused-ring (bicyclic) bond motifs is 1. The number of carbonyl (C=O) groups excluding carboxylic acids is 2. The van der Waals surface area contributed by atoms with Gasteiger partial charge in [-0.2, -0.15) is 0 Å². The lowest BCUT2D eigenvalue weighted by atomic mass is 10.0. The summed E-state index contributed by atoms with van der Waals surface area (Å²) in [4.78, 5) is 24.9. The summed E-state index contributed by atoms with van der Waals surface area (Å²) >= 11 is 0. The molecule has 9 heteroatoms. The summed E-state index contributed by atoms with van der Waals surface area (Å²) in [5, 5.41) is 2.89. The number of rotatable bonds is 8. The molecule has 3 rings (SSSR count). The first-order chi connectivity index (χ1) is 14.3. The third-order valence-electron chi connectivity index (χ3n) is 5.01. The number of nitrogens with zero attached hydrogens (tertiary/aromatic N) is 1. The van der Waals surface area contributed by atoms with Gasteiger partial charge in [0.2, 0.25) is 5.91 Å². The number of methoxy groups -OCH3 is 2. The van der Waals surface area contributed by atoms with Crippen molar-refractivity contribution in [2.45, 2.75) is 30.7 Å². The molecule has 30 heavy (non-hydrogen) atoms. The Bertz CT molecular complexity index is 1070. The maximum atomic E-state index is 12.6. The van der Waals surface area contributed by atoms with E-state index in [1.165, 1.54) is 19.2 Å². The van der Waals surface area contributed by atoms with E-state index in [2.05, 4.69) is 5.32 Å². The van der Waals surface area contributed by atoms with Gasteiger partial charge in [0.15, 0.2) is 11.5 Å². The van der Waals surface area contributed by atoms with E-state index in [9.17, 15) is 18.0 Å². The van der Waals surface area contributed by atoms with E-state index in [1.54, 1.807) is 31.4 Å². The second-order valence-electron chi connectivity index (χ2n) is 6.77. The third-order valence-corrected chi connectivity index (χ3v) is 6.85. The van der Waals surface area contributed by atoms with Crippen molar-refractivity contribution in [3.05, 3.63) is 53.6 Å². The third kappa shape index (κ3) is 3.97. The molecule has 0 aromatic heterocycles. The molecule has 0 bridgehead atoms. The Hall–Kier alpha value is -3.07. The Labute approximate surface area is 175 Å². The van der Waals surface area contributed by atoms with Crippen LogP contribution in [0.1, 0.15) is 41.7 Å². The molecule has 2 aromatic carbocycles. The van der Waals surface area contributed by atoms with E-state index in [0.717, 1.165) is 9.87 Å². The molecule has 1 atom stereocenters. The topological polar surface area (TPSA) is 102 Å². The molecule has 1 unspecified atom stereocenters. The molecule has 2 amide bonds. The highest BCUT2D eigenvalue weighted by Crippen LogP contribution is 2.32. The van der Waals surface area contributed by atoms with Gasteiger partial charge >= 0.3 is 0 Å². The minimum atomic E-state index is -3.92.